The lowest BCUT2D eigenvalue weighted by atomic mass is 10.0. The maximum atomic E-state index is 5.98. The Balaban J connectivity index is 1.98. The first-order valence-electron chi connectivity index (χ1n) is 7.77. The van der Waals surface area contributed by atoms with Crippen molar-refractivity contribution in [3.8, 4) is 0 Å². The summed E-state index contributed by atoms with van der Waals surface area (Å²) in [5.74, 6) is 0. The van der Waals surface area contributed by atoms with Gasteiger partial charge in [-0.2, -0.15) is 5.10 Å². The lowest BCUT2D eigenvalue weighted by Gasteiger charge is -2.35. The normalized spacial score (nSPS) is 22.1. The second-order valence-corrected chi connectivity index (χ2v) is 5.64. The first-order valence-corrected chi connectivity index (χ1v) is 7.77. The van der Waals surface area contributed by atoms with Crippen LogP contribution in [0.3, 0.4) is 0 Å². The van der Waals surface area contributed by atoms with E-state index >= 15 is 0 Å². The van der Waals surface area contributed by atoms with Crippen LogP contribution in [0.25, 0.3) is 0 Å². The minimum atomic E-state index is 0.269. The monoisotopic (exact) mass is 280 g/mol. The van der Waals surface area contributed by atoms with Crippen LogP contribution in [0, 0.1) is 0 Å². The highest BCUT2D eigenvalue weighted by molar-refractivity contribution is 5.07. The molecule has 1 fully saturated rings. The summed E-state index contributed by atoms with van der Waals surface area (Å²) in [6.45, 7) is 9.15. The highest BCUT2D eigenvalue weighted by Crippen LogP contribution is 2.13. The molecule has 5 heteroatoms. The molecule has 0 aliphatic carbocycles. The Kier molecular flexibility index (Phi) is 6.01. The zero-order valence-electron chi connectivity index (χ0n) is 13.0. The third-order valence-corrected chi connectivity index (χ3v) is 3.87. The predicted molar refractivity (Wildman–Crippen MR) is 80.9 cm³/mol. The highest BCUT2D eigenvalue weighted by Gasteiger charge is 2.26. The Morgan fingerprint density at radius 3 is 3.00 bits per heavy atom. The smallest absolute Gasteiger partial charge is 0.0858 e. The average Bonchev–Trinajstić information content (AvgIpc) is 2.91. The summed E-state index contributed by atoms with van der Waals surface area (Å²) < 4.78 is 7.97. The zero-order valence-corrected chi connectivity index (χ0v) is 13.0. The van der Waals surface area contributed by atoms with Gasteiger partial charge in [0.05, 0.1) is 18.9 Å². The lowest BCUT2D eigenvalue weighted by Crippen LogP contribution is -2.52. The van der Waals surface area contributed by atoms with Gasteiger partial charge in [0, 0.05) is 31.9 Å². The van der Waals surface area contributed by atoms with E-state index in [2.05, 4.69) is 42.4 Å². The molecule has 1 saturated heterocycles. The van der Waals surface area contributed by atoms with E-state index in [1.54, 1.807) is 0 Å². The summed E-state index contributed by atoms with van der Waals surface area (Å²) in [4.78, 5) is 2.35. The van der Waals surface area contributed by atoms with Crippen LogP contribution in [0.1, 0.15) is 25.8 Å². The van der Waals surface area contributed by atoms with Crippen molar-refractivity contribution in [2.75, 3.05) is 33.3 Å². The molecule has 0 spiro atoms. The molecule has 0 aromatic carbocycles. The van der Waals surface area contributed by atoms with Gasteiger partial charge >= 0.3 is 0 Å². The molecule has 1 aliphatic rings. The number of aryl methyl sites for hydroxylation is 1. The molecule has 2 unspecified atom stereocenters. The van der Waals surface area contributed by atoms with Crippen molar-refractivity contribution in [1.29, 1.82) is 0 Å². The number of rotatable bonds is 7. The van der Waals surface area contributed by atoms with E-state index in [1.807, 2.05) is 10.9 Å². The third-order valence-electron chi connectivity index (χ3n) is 3.87. The summed E-state index contributed by atoms with van der Waals surface area (Å²) in [6.07, 6.45) is 6.53. The second-order valence-electron chi connectivity index (χ2n) is 5.64. The van der Waals surface area contributed by atoms with Gasteiger partial charge in [-0.1, -0.05) is 6.92 Å². The maximum Gasteiger partial charge on any atom is 0.0858 e. The third kappa shape index (κ3) is 4.30. The van der Waals surface area contributed by atoms with Crippen molar-refractivity contribution in [3.05, 3.63) is 18.0 Å². The van der Waals surface area contributed by atoms with Crippen LogP contribution in [0.15, 0.2) is 12.4 Å². The quantitative estimate of drug-likeness (QED) is 0.813. The first-order chi connectivity index (χ1) is 9.72. The molecule has 1 aliphatic heterocycles. The van der Waals surface area contributed by atoms with Gasteiger partial charge in [0.25, 0.3) is 0 Å². The highest BCUT2D eigenvalue weighted by atomic mass is 16.5. The number of likely N-dealkylation sites (N-methyl/N-ethyl adjacent to an activating group) is 1. The molecule has 0 amide bonds. The minimum Gasteiger partial charge on any atom is -0.374 e. The van der Waals surface area contributed by atoms with E-state index in [4.69, 9.17) is 4.74 Å². The van der Waals surface area contributed by atoms with Gasteiger partial charge in [-0.3, -0.25) is 4.68 Å². The summed E-state index contributed by atoms with van der Waals surface area (Å²) in [7, 11) is 2.17. The number of nitrogens with zero attached hydrogens (tertiary/aromatic N) is 3. The molecule has 20 heavy (non-hydrogen) atoms. The Morgan fingerprint density at radius 1 is 1.50 bits per heavy atom. The molecule has 1 N–H and O–H groups in total. The van der Waals surface area contributed by atoms with Crippen molar-refractivity contribution in [2.45, 2.75) is 45.4 Å². The van der Waals surface area contributed by atoms with Crippen LogP contribution >= 0.6 is 0 Å². The van der Waals surface area contributed by atoms with E-state index in [1.165, 1.54) is 5.56 Å². The predicted octanol–water partition coefficient (Wildman–Crippen LogP) is 1.14. The van der Waals surface area contributed by atoms with E-state index in [0.29, 0.717) is 6.04 Å². The fourth-order valence-corrected chi connectivity index (χ4v) is 2.66. The molecule has 5 nitrogen and oxygen atoms in total. The fraction of sp³-hybridized carbons (Fsp3) is 0.800. The number of hydrogen-bond donors (Lipinski definition) is 1. The zero-order chi connectivity index (χ0) is 14.4. The summed E-state index contributed by atoms with van der Waals surface area (Å²) in [5.41, 5.74) is 1.29. The van der Waals surface area contributed by atoms with Gasteiger partial charge in [-0.05, 0) is 38.9 Å². The standard InChI is InChI=1S/C15H28N4O/c1-4-6-16-14(15-12-18(3)7-8-20-15)9-13-10-17-19(5-2)11-13/h10-11,14-16H,4-9,12H2,1-3H3. The topological polar surface area (TPSA) is 42.3 Å². The molecular weight excluding hydrogens is 252 g/mol. The number of nitrogens with one attached hydrogen (secondary N) is 1. The Hall–Kier alpha value is -0.910. The van der Waals surface area contributed by atoms with Gasteiger partial charge in [0.1, 0.15) is 0 Å². The van der Waals surface area contributed by atoms with E-state index in [-0.39, 0.29) is 6.10 Å². The van der Waals surface area contributed by atoms with Crippen molar-refractivity contribution in [1.82, 2.24) is 20.0 Å². The maximum absolute atomic E-state index is 5.98. The Morgan fingerprint density at radius 2 is 2.35 bits per heavy atom. The largest absolute Gasteiger partial charge is 0.374 e. The van der Waals surface area contributed by atoms with Crippen LogP contribution in [0.2, 0.25) is 0 Å². The Labute approximate surface area is 122 Å². The molecule has 2 rings (SSSR count). The number of hydrogen-bond acceptors (Lipinski definition) is 4. The molecule has 114 valence electrons. The molecule has 2 atom stereocenters. The van der Waals surface area contributed by atoms with Crippen molar-refractivity contribution >= 4 is 0 Å². The van der Waals surface area contributed by atoms with E-state index < -0.39 is 0 Å². The van der Waals surface area contributed by atoms with E-state index in [0.717, 1.165) is 45.6 Å². The SMILES string of the molecule is CCCNC(Cc1cnn(CC)c1)C1CN(C)CCO1. The fourth-order valence-electron chi connectivity index (χ4n) is 2.66. The van der Waals surface area contributed by atoms with Crippen LogP contribution in [-0.4, -0.2) is 60.1 Å². The lowest BCUT2D eigenvalue weighted by molar-refractivity contribution is -0.0383. The van der Waals surface area contributed by atoms with Crippen molar-refractivity contribution in [3.63, 3.8) is 0 Å². The van der Waals surface area contributed by atoms with Gasteiger partial charge in [0.2, 0.25) is 0 Å². The van der Waals surface area contributed by atoms with Gasteiger partial charge in [-0.15, -0.1) is 0 Å². The van der Waals surface area contributed by atoms with Gasteiger partial charge in [-0.25, -0.2) is 0 Å². The van der Waals surface area contributed by atoms with Crippen molar-refractivity contribution in [2.24, 2.45) is 0 Å². The van der Waals surface area contributed by atoms with Crippen molar-refractivity contribution < 1.29 is 4.74 Å². The molecule has 0 radical (unpaired) electrons. The molecule has 2 heterocycles. The molecule has 0 saturated carbocycles. The van der Waals surface area contributed by atoms with Crippen LogP contribution < -0.4 is 5.32 Å². The number of ether oxygens (including phenoxy) is 1. The second kappa shape index (κ2) is 7.76. The minimum absolute atomic E-state index is 0.269. The molecule has 0 bridgehead atoms. The molecule has 1 aromatic rings. The Bertz CT molecular complexity index is 393. The average molecular weight is 280 g/mol. The number of aromatic nitrogens is 2. The van der Waals surface area contributed by atoms with Gasteiger partial charge in [0.15, 0.2) is 0 Å². The van der Waals surface area contributed by atoms with Gasteiger partial charge < -0.3 is 15.0 Å². The number of morpholine rings is 1. The van der Waals surface area contributed by atoms with Crippen LogP contribution in [0.5, 0.6) is 0 Å². The van der Waals surface area contributed by atoms with E-state index in [9.17, 15) is 0 Å². The summed E-state index contributed by atoms with van der Waals surface area (Å²) in [6, 6.07) is 0.368. The summed E-state index contributed by atoms with van der Waals surface area (Å²) in [5, 5.41) is 8.01. The first kappa shape index (κ1) is 15.5. The summed E-state index contributed by atoms with van der Waals surface area (Å²) >= 11 is 0. The van der Waals surface area contributed by atoms with Crippen LogP contribution in [-0.2, 0) is 17.7 Å². The van der Waals surface area contributed by atoms with Crippen LogP contribution in [0.4, 0.5) is 0 Å². The molecular formula is C15H28N4O. The molecule has 1 aromatic heterocycles.